The number of nitrogens with zero attached hydrogens (tertiary/aromatic N) is 4. The Morgan fingerprint density at radius 3 is 2.59 bits per heavy atom. The number of pyridine rings is 1. The Labute approximate surface area is 237 Å². The number of carbonyl (C=O) groups excluding carboxylic acids is 1. The molecule has 0 unspecified atom stereocenters. The highest BCUT2D eigenvalue weighted by atomic mass is 16.5. The minimum absolute atomic E-state index is 0.250. The lowest BCUT2D eigenvalue weighted by atomic mass is 10.1. The van der Waals surface area contributed by atoms with Gasteiger partial charge in [-0.3, -0.25) is 10.1 Å². The number of methoxy groups -OCH3 is 1. The topological polar surface area (TPSA) is 131 Å². The molecule has 0 aliphatic carbocycles. The van der Waals surface area contributed by atoms with Crippen molar-refractivity contribution in [3.63, 3.8) is 0 Å². The number of aromatic nitrogens is 5. The molecule has 0 saturated carbocycles. The number of hydrogen-bond donors (Lipinski definition) is 4. The van der Waals surface area contributed by atoms with E-state index in [0.29, 0.717) is 35.2 Å². The number of aromatic amines is 1. The highest BCUT2D eigenvalue weighted by Gasteiger charge is 2.21. The van der Waals surface area contributed by atoms with Crippen molar-refractivity contribution in [3.8, 4) is 17.2 Å². The van der Waals surface area contributed by atoms with Crippen molar-refractivity contribution in [1.29, 1.82) is 0 Å². The van der Waals surface area contributed by atoms with Gasteiger partial charge in [0.15, 0.2) is 11.5 Å². The number of fused-ring (bicyclic) bond motifs is 1. The molecule has 0 bridgehead atoms. The molecule has 5 aromatic rings. The van der Waals surface area contributed by atoms with Crippen LogP contribution in [0.1, 0.15) is 34.5 Å². The second-order valence-corrected chi connectivity index (χ2v) is 10.0. The maximum Gasteiger partial charge on any atom is 0.257 e. The van der Waals surface area contributed by atoms with Gasteiger partial charge in [0.2, 0.25) is 5.95 Å². The van der Waals surface area contributed by atoms with Crippen LogP contribution in [0.15, 0.2) is 67.0 Å². The van der Waals surface area contributed by atoms with Crippen molar-refractivity contribution in [2.75, 3.05) is 30.8 Å². The van der Waals surface area contributed by atoms with Crippen molar-refractivity contribution in [2.45, 2.75) is 32.4 Å². The van der Waals surface area contributed by atoms with E-state index < -0.39 is 0 Å². The van der Waals surface area contributed by atoms with Crippen molar-refractivity contribution < 1.29 is 14.3 Å². The first-order valence-electron chi connectivity index (χ1n) is 13.6. The summed E-state index contributed by atoms with van der Waals surface area (Å²) in [5.74, 6) is 2.91. The first-order valence-corrected chi connectivity index (χ1v) is 13.6. The van der Waals surface area contributed by atoms with Crippen molar-refractivity contribution >= 4 is 28.7 Å². The molecule has 210 valence electrons. The summed E-state index contributed by atoms with van der Waals surface area (Å²) in [5.41, 5.74) is 3.15. The molecule has 2 aromatic carbocycles. The van der Waals surface area contributed by atoms with E-state index in [4.69, 9.17) is 14.6 Å². The lowest BCUT2D eigenvalue weighted by Gasteiger charge is -2.23. The number of hydrogen-bond acceptors (Lipinski definition) is 8. The number of amides is 1. The van der Waals surface area contributed by atoms with Gasteiger partial charge in [0.1, 0.15) is 22.6 Å². The fourth-order valence-electron chi connectivity index (χ4n) is 4.90. The summed E-state index contributed by atoms with van der Waals surface area (Å²) in [6, 6.07) is 17.0. The SMILES string of the molecule is COc1ccc(Cn2nc(N[C@@H]3CCCNC3)c3c(Oc4ccc(C(=O)Nc5ncc(C)[nH]5)cc4)ccnc32)cc1. The molecule has 11 nitrogen and oxygen atoms in total. The van der Waals surface area contributed by atoms with Crippen LogP contribution in [0.5, 0.6) is 17.2 Å². The summed E-state index contributed by atoms with van der Waals surface area (Å²) in [5, 5.41) is 15.6. The maximum absolute atomic E-state index is 12.6. The Morgan fingerprint density at radius 2 is 1.88 bits per heavy atom. The van der Waals surface area contributed by atoms with Crippen LogP contribution in [0.2, 0.25) is 0 Å². The lowest BCUT2D eigenvalue weighted by Crippen LogP contribution is -2.38. The predicted molar refractivity (Wildman–Crippen MR) is 157 cm³/mol. The van der Waals surface area contributed by atoms with Crippen LogP contribution in [-0.4, -0.2) is 56.9 Å². The molecule has 6 rings (SSSR count). The molecule has 0 radical (unpaired) electrons. The molecule has 1 aliphatic rings. The lowest BCUT2D eigenvalue weighted by molar-refractivity contribution is 0.102. The van der Waals surface area contributed by atoms with E-state index in [-0.39, 0.29) is 11.9 Å². The summed E-state index contributed by atoms with van der Waals surface area (Å²) < 4.78 is 13.6. The van der Waals surface area contributed by atoms with Crippen LogP contribution >= 0.6 is 0 Å². The third kappa shape index (κ3) is 5.99. The molecular weight excluding hydrogens is 520 g/mol. The van der Waals surface area contributed by atoms with Gasteiger partial charge in [-0.1, -0.05) is 12.1 Å². The number of imidazole rings is 1. The molecule has 4 N–H and O–H groups in total. The van der Waals surface area contributed by atoms with Crippen LogP contribution in [0.25, 0.3) is 11.0 Å². The quantitative estimate of drug-likeness (QED) is 0.207. The Morgan fingerprint density at radius 1 is 1.07 bits per heavy atom. The van der Waals surface area contributed by atoms with Gasteiger partial charge in [-0.25, -0.2) is 14.6 Å². The van der Waals surface area contributed by atoms with Gasteiger partial charge in [0.25, 0.3) is 5.91 Å². The second-order valence-electron chi connectivity index (χ2n) is 10.0. The van der Waals surface area contributed by atoms with Gasteiger partial charge in [0.05, 0.1) is 13.7 Å². The molecule has 1 amide bonds. The number of anilines is 2. The molecule has 11 heteroatoms. The highest BCUT2D eigenvalue weighted by Crippen LogP contribution is 2.35. The van der Waals surface area contributed by atoms with Gasteiger partial charge in [-0.05, 0) is 68.3 Å². The number of benzene rings is 2. The zero-order chi connectivity index (χ0) is 28.2. The molecule has 0 spiro atoms. The van der Waals surface area contributed by atoms with E-state index in [0.717, 1.165) is 54.1 Å². The third-order valence-electron chi connectivity index (χ3n) is 7.00. The molecule has 3 aromatic heterocycles. The second kappa shape index (κ2) is 11.7. The van der Waals surface area contributed by atoms with Crippen molar-refractivity contribution in [3.05, 3.63) is 83.8 Å². The molecule has 41 heavy (non-hydrogen) atoms. The number of nitrogens with one attached hydrogen (secondary N) is 4. The molecule has 1 fully saturated rings. The van der Waals surface area contributed by atoms with Crippen LogP contribution in [0, 0.1) is 6.92 Å². The standard InChI is InChI=1S/C30H32N8O3/c1-19-16-33-30(34-19)36-29(39)21-7-11-24(12-8-21)41-25-13-15-32-28-26(25)27(35-22-4-3-14-31-17-22)37-38(28)18-20-5-9-23(40-2)10-6-20/h5-13,15-16,22,31H,3-4,14,17-18H2,1-2H3,(H,35,37)(H2,33,34,36,39)/t22-/m1/s1. The molecule has 1 atom stereocenters. The van der Waals surface area contributed by atoms with E-state index in [2.05, 4.69) is 30.9 Å². The number of piperidine rings is 1. The minimum atomic E-state index is -0.260. The summed E-state index contributed by atoms with van der Waals surface area (Å²) in [6.45, 7) is 4.31. The molecule has 1 aliphatic heterocycles. The first-order chi connectivity index (χ1) is 20.1. The van der Waals surface area contributed by atoms with E-state index in [1.54, 1.807) is 43.8 Å². The van der Waals surface area contributed by atoms with E-state index in [9.17, 15) is 4.79 Å². The Balaban J connectivity index is 1.28. The Kier molecular flexibility index (Phi) is 7.50. The van der Waals surface area contributed by atoms with Crippen LogP contribution in [0.3, 0.4) is 0 Å². The van der Waals surface area contributed by atoms with Crippen LogP contribution < -0.4 is 25.4 Å². The largest absolute Gasteiger partial charge is 0.497 e. The number of rotatable bonds is 9. The van der Waals surface area contributed by atoms with Gasteiger partial charge in [0, 0.05) is 42.3 Å². The summed E-state index contributed by atoms with van der Waals surface area (Å²) in [6.07, 6.45) is 5.54. The van der Waals surface area contributed by atoms with E-state index in [1.807, 2.05) is 41.9 Å². The molecular formula is C30H32N8O3. The van der Waals surface area contributed by atoms with Crippen molar-refractivity contribution in [1.82, 2.24) is 30.0 Å². The smallest absolute Gasteiger partial charge is 0.257 e. The fraction of sp³-hybridized carbons (Fsp3) is 0.267. The third-order valence-corrected chi connectivity index (χ3v) is 7.00. The number of ether oxygens (including phenoxy) is 2. The zero-order valence-electron chi connectivity index (χ0n) is 23.0. The average Bonchev–Trinajstić information content (AvgIpc) is 3.57. The van der Waals surface area contributed by atoms with Crippen LogP contribution in [0.4, 0.5) is 11.8 Å². The number of H-pyrrole nitrogens is 1. The molecule has 4 heterocycles. The number of aryl methyl sites for hydroxylation is 1. The van der Waals surface area contributed by atoms with Crippen molar-refractivity contribution in [2.24, 2.45) is 0 Å². The normalized spacial score (nSPS) is 15.0. The first kappa shape index (κ1) is 26.3. The maximum atomic E-state index is 12.6. The Hall–Kier alpha value is -4.90. The Bertz CT molecular complexity index is 1640. The van der Waals surface area contributed by atoms with Gasteiger partial charge in [-0.2, -0.15) is 5.10 Å². The van der Waals surface area contributed by atoms with Gasteiger partial charge < -0.3 is 25.1 Å². The zero-order valence-corrected chi connectivity index (χ0v) is 23.0. The summed E-state index contributed by atoms with van der Waals surface area (Å²) in [7, 11) is 1.66. The van der Waals surface area contributed by atoms with Gasteiger partial charge >= 0.3 is 0 Å². The minimum Gasteiger partial charge on any atom is -0.497 e. The fourth-order valence-corrected chi connectivity index (χ4v) is 4.90. The average molecular weight is 553 g/mol. The highest BCUT2D eigenvalue weighted by molar-refractivity contribution is 6.03. The monoisotopic (exact) mass is 552 g/mol. The summed E-state index contributed by atoms with van der Waals surface area (Å²) >= 11 is 0. The predicted octanol–water partition coefficient (Wildman–Crippen LogP) is 4.73. The van der Waals surface area contributed by atoms with Crippen LogP contribution in [-0.2, 0) is 6.54 Å². The van der Waals surface area contributed by atoms with E-state index in [1.165, 1.54) is 0 Å². The van der Waals surface area contributed by atoms with E-state index >= 15 is 0 Å². The molecule has 1 saturated heterocycles. The summed E-state index contributed by atoms with van der Waals surface area (Å²) in [4.78, 5) is 24.4. The van der Waals surface area contributed by atoms with Gasteiger partial charge in [-0.15, -0.1) is 0 Å². The number of carbonyl (C=O) groups is 1.